The average molecular weight is 494 g/mol. The second-order valence-electron chi connectivity index (χ2n) is 7.38. The van der Waals surface area contributed by atoms with E-state index in [-0.39, 0.29) is 27.7 Å². The number of carbonyl (C=O) groups excluding carboxylic acids is 2. The number of aromatic nitrogens is 3. The van der Waals surface area contributed by atoms with Crippen molar-refractivity contribution in [2.45, 2.75) is 33.7 Å². The van der Waals surface area contributed by atoms with Gasteiger partial charge in [-0.3, -0.25) is 14.3 Å². The molecule has 0 aromatic carbocycles. The Bertz CT molecular complexity index is 1410. The van der Waals surface area contributed by atoms with Gasteiger partial charge in [0.1, 0.15) is 21.2 Å². The van der Waals surface area contributed by atoms with Crippen LogP contribution in [0.15, 0.2) is 22.6 Å². The molecule has 0 radical (unpaired) electrons. The first-order valence-corrected chi connectivity index (χ1v) is 10.9. The van der Waals surface area contributed by atoms with Crippen LogP contribution in [0, 0.1) is 20.8 Å². The molecule has 0 spiro atoms. The maximum Gasteiger partial charge on any atom is 0.291 e. The molecule has 0 bridgehead atoms. The Kier molecular flexibility index (Phi) is 5.93. The molecule has 4 rings (SSSR count). The SMILES string of the molecule is Cc1nn(Cc2ccc(C(=O)Nc3c(C(N)=O)sc4nc(C(F)F)cc(C)c34)o2)c(C)c1Cl. The molecule has 0 atom stereocenters. The van der Waals surface area contributed by atoms with Crippen LogP contribution in [0.4, 0.5) is 14.5 Å². The molecule has 0 saturated heterocycles. The fourth-order valence-electron chi connectivity index (χ4n) is 3.45. The van der Waals surface area contributed by atoms with Crippen molar-refractivity contribution in [3.63, 3.8) is 0 Å². The third kappa shape index (κ3) is 4.21. The van der Waals surface area contributed by atoms with Crippen LogP contribution in [0.5, 0.6) is 0 Å². The first-order valence-electron chi connectivity index (χ1n) is 9.68. The lowest BCUT2D eigenvalue weighted by Gasteiger charge is -2.07. The van der Waals surface area contributed by atoms with Crippen molar-refractivity contribution in [1.29, 1.82) is 0 Å². The summed E-state index contributed by atoms with van der Waals surface area (Å²) in [6, 6.07) is 4.32. The molecule has 12 heteroatoms. The molecule has 33 heavy (non-hydrogen) atoms. The lowest BCUT2D eigenvalue weighted by molar-refractivity contribution is 0.0994. The number of nitrogens with zero attached hydrogens (tertiary/aromatic N) is 3. The highest BCUT2D eigenvalue weighted by Crippen LogP contribution is 2.38. The van der Waals surface area contributed by atoms with Crippen molar-refractivity contribution >= 4 is 50.7 Å². The van der Waals surface area contributed by atoms with E-state index in [9.17, 15) is 18.4 Å². The van der Waals surface area contributed by atoms with Crippen molar-refractivity contribution in [3.8, 4) is 0 Å². The maximum atomic E-state index is 13.1. The molecule has 0 saturated carbocycles. The Morgan fingerprint density at radius 3 is 2.64 bits per heavy atom. The summed E-state index contributed by atoms with van der Waals surface area (Å²) in [6.45, 7) is 5.46. The molecular formula is C21H18ClF2N5O3S. The number of nitrogens with one attached hydrogen (secondary N) is 1. The molecule has 0 unspecified atom stereocenters. The molecule has 3 N–H and O–H groups in total. The maximum absolute atomic E-state index is 13.1. The zero-order valence-electron chi connectivity index (χ0n) is 17.7. The lowest BCUT2D eigenvalue weighted by Crippen LogP contribution is -2.16. The van der Waals surface area contributed by atoms with E-state index in [2.05, 4.69) is 15.4 Å². The number of rotatable bonds is 6. The highest BCUT2D eigenvalue weighted by atomic mass is 35.5. The van der Waals surface area contributed by atoms with E-state index in [1.54, 1.807) is 24.6 Å². The van der Waals surface area contributed by atoms with Gasteiger partial charge in [-0.1, -0.05) is 11.6 Å². The Labute approximate surface area is 195 Å². The van der Waals surface area contributed by atoms with Crippen molar-refractivity contribution < 1.29 is 22.8 Å². The summed E-state index contributed by atoms with van der Waals surface area (Å²) in [4.78, 5) is 28.9. The van der Waals surface area contributed by atoms with Crippen LogP contribution >= 0.6 is 22.9 Å². The van der Waals surface area contributed by atoms with E-state index in [4.69, 9.17) is 21.8 Å². The highest BCUT2D eigenvalue weighted by molar-refractivity contribution is 7.21. The molecule has 0 aliphatic rings. The predicted octanol–water partition coefficient (Wildman–Crippen LogP) is 5.00. The summed E-state index contributed by atoms with van der Waals surface area (Å²) in [5.41, 5.74) is 7.02. The number of furan rings is 1. The number of primary amides is 1. The summed E-state index contributed by atoms with van der Waals surface area (Å²) < 4.78 is 33.6. The number of alkyl halides is 2. The number of amides is 2. The van der Waals surface area contributed by atoms with E-state index in [0.717, 1.165) is 17.0 Å². The minimum Gasteiger partial charge on any atom is -0.454 e. The number of nitrogens with two attached hydrogens (primary N) is 1. The van der Waals surface area contributed by atoms with Crippen LogP contribution in [-0.2, 0) is 6.54 Å². The Hall–Kier alpha value is -3.31. The third-order valence-corrected chi connectivity index (χ3v) is 6.69. The molecule has 8 nitrogen and oxygen atoms in total. The van der Waals surface area contributed by atoms with Gasteiger partial charge >= 0.3 is 0 Å². The molecule has 2 amide bonds. The van der Waals surface area contributed by atoms with Gasteiger partial charge in [0.15, 0.2) is 5.76 Å². The number of pyridine rings is 1. The molecule has 0 fully saturated rings. The third-order valence-electron chi connectivity index (χ3n) is 5.05. The van der Waals surface area contributed by atoms with Crippen molar-refractivity contribution in [1.82, 2.24) is 14.8 Å². The Morgan fingerprint density at radius 1 is 1.30 bits per heavy atom. The summed E-state index contributed by atoms with van der Waals surface area (Å²) in [6.07, 6.45) is -2.77. The van der Waals surface area contributed by atoms with Gasteiger partial charge in [0, 0.05) is 5.39 Å². The smallest absolute Gasteiger partial charge is 0.291 e. The Morgan fingerprint density at radius 2 is 2.03 bits per heavy atom. The van der Waals surface area contributed by atoms with E-state index in [1.807, 2.05) is 6.92 Å². The predicted molar refractivity (Wildman–Crippen MR) is 120 cm³/mol. The number of thiophene rings is 1. The zero-order chi connectivity index (χ0) is 24.0. The first kappa shape index (κ1) is 22.9. The summed E-state index contributed by atoms with van der Waals surface area (Å²) in [7, 11) is 0. The number of fused-ring (bicyclic) bond motifs is 1. The summed E-state index contributed by atoms with van der Waals surface area (Å²) in [5.74, 6) is -0.991. The van der Waals surface area contributed by atoms with Crippen LogP contribution < -0.4 is 11.1 Å². The number of halogens is 3. The summed E-state index contributed by atoms with van der Waals surface area (Å²) in [5, 5.41) is 7.88. The van der Waals surface area contributed by atoms with Crippen molar-refractivity contribution in [2.24, 2.45) is 5.73 Å². The van der Waals surface area contributed by atoms with Gasteiger partial charge in [0.25, 0.3) is 18.2 Å². The van der Waals surface area contributed by atoms with Crippen LogP contribution in [0.1, 0.15) is 55.1 Å². The average Bonchev–Trinajstić information content (AvgIpc) is 3.42. The largest absolute Gasteiger partial charge is 0.454 e. The Balaban J connectivity index is 1.65. The molecule has 172 valence electrons. The quantitative estimate of drug-likeness (QED) is 0.392. The topological polar surface area (TPSA) is 116 Å². The van der Waals surface area contributed by atoms with E-state index >= 15 is 0 Å². The monoisotopic (exact) mass is 493 g/mol. The van der Waals surface area contributed by atoms with Gasteiger partial charge in [-0.2, -0.15) is 5.10 Å². The number of anilines is 1. The second-order valence-corrected chi connectivity index (χ2v) is 8.75. The minimum absolute atomic E-state index is 0.00410. The molecule has 4 aromatic heterocycles. The fraction of sp³-hybridized carbons (Fsp3) is 0.238. The normalized spacial score (nSPS) is 11.5. The highest BCUT2D eigenvalue weighted by Gasteiger charge is 2.24. The van der Waals surface area contributed by atoms with Gasteiger partial charge in [0.2, 0.25) is 0 Å². The van der Waals surface area contributed by atoms with Crippen LogP contribution in [0.25, 0.3) is 10.2 Å². The first-order chi connectivity index (χ1) is 15.6. The lowest BCUT2D eigenvalue weighted by atomic mass is 10.1. The van der Waals surface area contributed by atoms with Crippen LogP contribution in [0.3, 0.4) is 0 Å². The van der Waals surface area contributed by atoms with Gasteiger partial charge in [-0.05, 0) is 44.5 Å². The zero-order valence-corrected chi connectivity index (χ0v) is 19.3. The van der Waals surface area contributed by atoms with Gasteiger partial charge in [-0.25, -0.2) is 13.8 Å². The van der Waals surface area contributed by atoms with Crippen LogP contribution in [-0.4, -0.2) is 26.6 Å². The van der Waals surface area contributed by atoms with E-state index in [0.29, 0.717) is 27.4 Å². The second kappa shape index (κ2) is 8.56. The number of aryl methyl sites for hydroxylation is 2. The van der Waals surface area contributed by atoms with E-state index < -0.39 is 23.9 Å². The number of hydrogen-bond acceptors (Lipinski definition) is 6. The molecule has 4 aromatic rings. The van der Waals surface area contributed by atoms with Crippen molar-refractivity contribution in [2.75, 3.05) is 5.32 Å². The van der Waals surface area contributed by atoms with Crippen LogP contribution in [0.2, 0.25) is 5.02 Å². The van der Waals surface area contributed by atoms with Gasteiger partial charge in [-0.15, -0.1) is 11.3 Å². The van der Waals surface area contributed by atoms with Crippen molar-refractivity contribution in [3.05, 3.63) is 62.3 Å². The molecule has 4 heterocycles. The van der Waals surface area contributed by atoms with E-state index in [1.165, 1.54) is 12.1 Å². The number of hydrogen-bond donors (Lipinski definition) is 2. The fourth-order valence-corrected chi connectivity index (χ4v) is 4.65. The van der Waals surface area contributed by atoms with Gasteiger partial charge in [0.05, 0.1) is 28.6 Å². The van der Waals surface area contributed by atoms with Gasteiger partial charge < -0.3 is 15.5 Å². The standard InChI is InChI=1S/C21H18ClF2N5O3S/c1-8-6-12(18(23)24)26-21-14(8)16(17(33-21)19(25)30)27-20(31)13-5-4-11(32-13)7-29-10(3)15(22)9(2)28-29/h4-6,18H,7H2,1-3H3,(H2,25,30)(H,27,31). The number of carbonyl (C=O) groups is 2. The molecular weight excluding hydrogens is 476 g/mol. The minimum atomic E-state index is -2.77. The summed E-state index contributed by atoms with van der Waals surface area (Å²) >= 11 is 7.00. The molecule has 0 aliphatic carbocycles. The molecule has 0 aliphatic heterocycles.